The molecule has 1 amide bonds. The molecule has 0 spiro atoms. The molecule has 0 bridgehead atoms. The Hall–Kier alpha value is -2.61. The lowest BCUT2D eigenvalue weighted by Crippen LogP contribution is -2.19. The van der Waals surface area contributed by atoms with Gasteiger partial charge in [0.25, 0.3) is 5.91 Å². The van der Waals surface area contributed by atoms with Gasteiger partial charge in [-0.25, -0.2) is 4.98 Å². The minimum absolute atomic E-state index is 0.138. The number of benzene rings is 1. The lowest BCUT2D eigenvalue weighted by atomic mass is 10.1. The lowest BCUT2D eigenvalue weighted by molar-refractivity contribution is -0.137. The fourth-order valence-electron chi connectivity index (χ4n) is 2.61. The SMILES string of the molecule is O=C(Nc1ccc(NCC2CCCO2)nc1)c1ccc(C(F)(F)F)cc1. The molecule has 3 rings (SSSR count). The van der Waals surface area contributed by atoms with Crippen molar-refractivity contribution in [2.75, 3.05) is 23.8 Å². The summed E-state index contributed by atoms with van der Waals surface area (Å²) in [6.07, 6.45) is -0.662. The van der Waals surface area contributed by atoms with E-state index in [2.05, 4.69) is 15.6 Å². The van der Waals surface area contributed by atoms with E-state index in [0.717, 1.165) is 43.7 Å². The summed E-state index contributed by atoms with van der Waals surface area (Å²) >= 11 is 0. The first kappa shape index (κ1) is 18.2. The summed E-state index contributed by atoms with van der Waals surface area (Å²) in [6.45, 7) is 1.46. The number of halogens is 3. The van der Waals surface area contributed by atoms with E-state index in [9.17, 15) is 18.0 Å². The van der Waals surface area contributed by atoms with Gasteiger partial charge in [0.1, 0.15) is 5.82 Å². The predicted octanol–water partition coefficient (Wildman–Crippen LogP) is 3.94. The zero-order valence-corrected chi connectivity index (χ0v) is 13.8. The molecule has 1 saturated heterocycles. The van der Waals surface area contributed by atoms with Gasteiger partial charge < -0.3 is 15.4 Å². The number of pyridine rings is 1. The third-order valence-corrected chi connectivity index (χ3v) is 4.03. The van der Waals surface area contributed by atoms with Crippen LogP contribution in [0.4, 0.5) is 24.7 Å². The molecular formula is C18H18F3N3O2. The molecule has 26 heavy (non-hydrogen) atoms. The Morgan fingerprint density at radius 2 is 1.96 bits per heavy atom. The number of amides is 1. The van der Waals surface area contributed by atoms with Gasteiger partial charge in [-0.3, -0.25) is 4.79 Å². The van der Waals surface area contributed by atoms with Gasteiger partial charge in [0.2, 0.25) is 0 Å². The van der Waals surface area contributed by atoms with Crippen molar-refractivity contribution in [3.05, 3.63) is 53.7 Å². The molecule has 1 atom stereocenters. The minimum atomic E-state index is -4.43. The molecular weight excluding hydrogens is 347 g/mol. The second-order valence-electron chi connectivity index (χ2n) is 5.98. The van der Waals surface area contributed by atoms with Crippen LogP contribution >= 0.6 is 0 Å². The Balaban J connectivity index is 1.55. The van der Waals surface area contributed by atoms with Crippen molar-refractivity contribution in [3.8, 4) is 0 Å². The van der Waals surface area contributed by atoms with E-state index in [1.807, 2.05) is 0 Å². The Morgan fingerprint density at radius 3 is 2.54 bits per heavy atom. The van der Waals surface area contributed by atoms with Crippen molar-refractivity contribution in [2.45, 2.75) is 25.1 Å². The maximum Gasteiger partial charge on any atom is 0.416 e. The Bertz CT molecular complexity index is 740. The fourth-order valence-corrected chi connectivity index (χ4v) is 2.61. The van der Waals surface area contributed by atoms with Crippen LogP contribution in [0.3, 0.4) is 0 Å². The molecule has 1 fully saturated rings. The van der Waals surface area contributed by atoms with Gasteiger partial charge in [0.05, 0.1) is 23.6 Å². The third kappa shape index (κ3) is 4.72. The first-order chi connectivity index (χ1) is 12.4. The number of nitrogens with one attached hydrogen (secondary N) is 2. The summed E-state index contributed by atoms with van der Waals surface area (Å²) < 4.78 is 43.1. The number of nitrogens with zero attached hydrogens (tertiary/aromatic N) is 1. The molecule has 1 aliphatic rings. The number of carbonyl (C=O) groups is 1. The number of rotatable bonds is 5. The fraction of sp³-hybridized carbons (Fsp3) is 0.333. The highest BCUT2D eigenvalue weighted by atomic mass is 19.4. The van der Waals surface area contributed by atoms with E-state index in [1.54, 1.807) is 12.1 Å². The predicted molar refractivity (Wildman–Crippen MR) is 91.1 cm³/mol. The number of aromatic nitrogens is 1. The molecule has 2 heterocycles. The Morgan fingerprint density at radius 1 is 1.19 bits per heavy atom. The van der Waals surface area contributed by atoms with Crippen LogP contribution in [0.5, 0.6) is 0 Å². The number of carbonyl (C=O) groups excluding carboxylic acids is 1. The van der Waals surface area contributed by atoms with Crippen molar-refractivity contribution in [1.29, 1.82) is 0 Å². The minimum Gasteiger partial charge on any atom is -0.376 e. The van der Waals surface area contributed by atoms with Gasteiger partial charge in [-0.15, -0.1) is 0 Å². The largest absolute Gasteiger partial charge is 0.416 e. The zero-order valence-electron chi connectivity index (χ0n) is 13.8. The second kappa shape index (κ2) is 7.74. The van der Waals surface area contributed by atoms with Crippen molar-refractivity contribution in [2.24, 2.45) is 0 Å². The Kier molecular flexibility index (Phi) is 5.41. The first-order valence-electron chi connectivity index (χ1n) is 8.22. The monoisotopic (exact) mass is 365 g/mol. The summed E-state index contributed by atoms with van der Waals surface area (Å²) in [6, 6.07) is 7.44. The molecule has 2 N–H and O–H groups in total. The van der Waals surface area contributed by atoms with Crippen LogP contribution in [-0.2, 0) is 10.9 Å². The van der Waals surface area contributed by atoms with Crippen molar-refractivity contribution in [1.82, 2.24) is 4.98 Å². The summed E-state index contributed by atoms with van der Waals surface area (Å²) in [7, 11) is 0. The standard InChI is InChI=1S/C18H18F3N3O2/c19-18(20,21)13-5-3-12(4-6-13)17(25)24-14-7-8-16(22-10-14)23-11-15-2-1-9-26-15/h3-8,10,15H,1-2,9,11H2,(H,22,23)(H,24,25). The van der Waals surface area contributed by atoms with Gasteiger partial charge in [-0.2, -0.15) is 13.2 Å². The van der Waals surface area contributed by atoms with Crippen LogP contribution in [0.2, 0.25) is 0 Å². The highest BCUT2D eigenvalue weighted by Gasteiger charge is 2.30. The molecule has 1 aromatic carbocycles. The van der Waals surface area contributed by atoms with E-state index < -0.39 is 17.6 Å². The van der Waals surface area contributed by atoms with Gasteiger partial charge in [0.15, 0.2) is 0 Å². The quantitative estimate of drug-likeness (QED) is 0.842. The van der Waals surface area contributed by atoms with Crippen LogP contribution in [0.1, 0.15) is 28.8 Å². The lowest BCUT2D eigenvalue weighted by Gasteiger charge is -2.12. The smallest absolute Gasteiger partial charge is 0.376 e. The number of hydrogen-bond donors (Lipinski definition) is 2. The maximum absolute atomic E-state index is 12.5. The number of ether oxygens (including phenoxy) is 1. The molecule has 1 unspecified atom stereocenters. The van der Waals surface area contributed by atoms with Crippen LogP contribution in [0.25, 0.3) is 0 Å². The number of hydrogen-bond acceptors (Lipinski definition) is 4. The van der Waals surface area contributed by atoms with E-state index in [4.69, 9.17) is 4.74 Å². The molecule has 0 radical (unpaired) electrons. The van der Waals surface area contributed by atoms with Gasteiger partial charge in [0, 0.05) is 18.7 Å². The van der Waals surface area contributed by atoms with Crippen LogP contribution in [0, 0.1) is 0 Å². The highest BCUT2D eigenvalue weighted by Crippen LogP contribution is 2.29. The van der Waals surface area contributed by atoms with Crippen LogP contribution < -0.4 is 10.6 Å². The molecule has 1 aromatic heterocycles. The van der Waals surface area contributed by atoms with E-state index in [-0.39, 0.29) is 11.7 Å². The Labute approximate surface area is 148 Å². The van der Waals surface area contributed by atoms with Gasteiger partial charge in [-0.05, 0) is 49.2 Å². The normalized spacial score (nSPS) is 17.1. The summed E-state index contributed by atoms with van der Waals surface area (Å²) in [5, 5.41) is 5.77. The zero-order chi connectivity index (χ0) is 18.6. The molecule has 8 heteroatoms. The average Bonchev–Trinajstić information content (AvgIpc) is 3.14. The summed E-state index contributed by atoms with van der Waals surface area (Å²) in [5.74, 6) is 0.161. The number of alkyl halides is 3. The molecule has 5 nitrogen and oxygen atoms in total. The van der Waals surface area contributed by atoms with Crippen molar-refractivity contribution >= 4 is 17.4 Å². The van der Waals surface area contributed by atoms with Gasteiger partial charge >= 0.3 is 6.18 Å². The van der Waals surface area contributed by atoms with Crippen molar-refractivity contribution < 1.29 is 22.7 Å². The highest BCUT2D eigenvalue weighted by molar-refractivity contribution is 6.04. The molecule has 138 valence electrons. The molecule has 1 aliphatic heterocycles. The molecule has 0 saturated carbocycles. The summed E-state index contributed by atoms with van der Waals surface area (Å²) in [4.78, 5) is 16.3. The second-order valence-corrected chi connectivity index (χ2v) is 5.98. The first-order valence-corrected chi connectivity index (χ1v) is 8.22. The van der Waals surface area contributed by atoms with Crippen LogP contribution in [0.15, 0.2) is 42.6 Å². The van der Waals surface area contributed by atoms with Crippen LogP contribution in [-0.4, -0.2) is 30.1 Å². The number of anilines is 2. The third-order valence-electron chi connectivity index (χ3n) is 4.03. The van der Waals surface area contributed by atoms with Crippen molar-refractivity contribution in [3.63, 3.8) is 0 Å². The van der Waals surface area contributed by atoms with E-state index in [0.29, 0.717) is 18.1 Å². The maximum atomic E-state index is 12.5. The van der Waals surface area contributed by atoms with Gasteiger partial charge in [-0.1, -0.05) is 0 Å². The van der Waals surface area contributed by atoms with E-state index in [1.165, 1.54) is 6.20 Å². The van der Waals surface area contributed by atoms with E-state index >= 15 is 0 Å². The average molecular weight is 365 g/mol. The molecule has 2 aromatic rings. The molecule has 0 aliphatic carbocycles. The topological polar surface area (TPSA) is 63.2 Å². The summed E-state index contributed by atoms with van der Waals surface area (Å²) in [5.41, 5.74) is -0.200.